The lowest BCUT2D eigenvalue weighted by Gasteiger charge is -2.50. The van der Waals surface area contributed by atoms with Crippen LogP contribution in [0.5, 0.6) is 0 Å². The summed E-state index contributed by atoms with van der Waals surface area (Å²) in [4.78, 5) is 11.6. The van der Waals surface area contributed by atoms with E-state index in [2.05, 4.69) is 48.9 Å². The Hall–Kier alpha value is -0.449. The predicted octanol–water partition coefficient (Wildman–Crippen LogP) is 7.31. The van der Waals surface area contributed by atoms with Crippen molar-refractivity contribution in [3.05, 3.63) is 0 Å². The van der Waals surface area contributed by atoms with Crippen molar-refractivity contribution in [3.8, 4) is 0 Å². The van der Waals surface area contributed by atoms with Crippen molar-refractivity contribution < 1.29 is 31.9 Å². The highest BCUT2D eigenvalue weighted by molar-refractivity contribution is 6.79. The molecule has 0 bridgehead atoms. The van der Waals surface area contributed by atoms with E-state index in [1.807, 2.05) is 20.8 Å². The highest BCUT2D eigenvalue weighted by Gasteiger charge is 2.52. The number of nitrogens with zero attached hydrogens (tertiary/aromatic N) is 3. The van der Waals surface area contributed by atoms with Crippen LogP contribution in [0.4, 0.5) is 18.0 Å². The summed E-state index contributed by atoms with van der Waals surface area (Å²) < 4.78 is 51.4. The van der Waals surface area contributed by atoms with Gasteiger partial charge in [0.1, 0.15) is 0 Å². The van der Waals surface area contributed by atoms with E-state index in [1.165, 1.54) is 20.6 Å². The van der Waals surface area contributed by atoms with Gasteiger partial charge in [-0.1, -0.05) is 52.1 Å². The van der Waals surface area contributed by atoms with Crippen molar-refractivity contribution in [1.82, 2.24) is 14.6 Å². The number of carboxylic acid groups (broad SMARTS) is 1. The van der Waals surface area contributed by atoms with Gasteiger partial charge in [-0.15, -0.1) is 0 Å². The van der Waals surface area contributed by atoms with Crippen molar-refractivity contribution in [2.45, 2.75) is 134 Å². The van der Waals surface area contributed by atoms with Crippen molar-refractivity contribution in [2.24, 2.45) is 0 Å². The fraction of sp³-hybridized carbons (Fsp3) is 0.962. The molecule has 232 valence electrons. The number of rotatable bonds is 8. The third kappa shape index (κ3) is 10.7. The van der Waals surface area contributed by atoms with Gasteiger partial charge >= 0.3 is 21.0 Å². The maximum atomic E-state index is 12.7. The molecule has 0 aromatic carbocycles. The average Bonchev–Trinajstić information content (AvgIpc) is 2.78. The van der Waals surface area contributed by atoms with Crippen LogP contribution >= 0.6 is 0 Å². The Balaban J connectivity index is 0.000000395. The van der Waals surface area contributed by atoms with Crippen LogP contribution in [-0.2, 0) is 8.85 Å². The molecular weight excluding hydrogens is 560 g/mol. The maximum absolute atomic E-state index is 12.7. The smallest absolute Gasteiger partial charge is 0.427 e. The monoisotopic (exact) mass is 615 g/mol. The lowest BCUT2D eigenvalue weighted by molar-refractivity contribution is -0.132. The summed E-state index contributed by atoms with van der Waals surface area (Å²) in [5.74, 6) is 0. The molecule has 0 spiro atoms. The van der Waals surface area contributed by atoms with Crippen LogP contribution in [0.2, 0.25) is 45.3 Å². The van der Waals surface area contributed by atoms with Gasteiger partial charge in [0.15, 0.2) is 0 Å². The Bertz CT molecular complexity index is 767. The molecule has 2 aliphatic rings. The van der Waals surface area contributed by atoms with Crippen molar-refractivity contribution in [2.75, 3.05) is 27.3 Å². The lowest BCUT2D eigenvalue weighted by Crippen LogP contribution is -2.67. The minimum Gasteiger partial charge on any atom is -0.464 e. The number of amides is 1. The molecule has 39 heavy (non-hydrogen) atoms. The van der Waals surface area contributed by atoms with E-state index in [1.54, 1.807) is 5.01 Å². The minimum atomic E-state index is -4.17. The molecule has 13 heteroatoms. The SMILES string of the molecule is CC(C)(C)N(C(=O)O)N1CCCCC1[Si](C)(C)C.CO[Si](CCC(F)(F)F)(OC)N1CCCCC1[Si](C)(C)C. The van der Waals surface area contributed by atoms with Crippen LogP contribution in [0.25, 0.3) is 0 Å². The molecule has 2 fully saturated rings. The molecule has 2 unspecified atom stereocenters. The molecule has 7 nitrogen and oxygen atoms in total. The minimum absolute atomic E-state index is 0.0511. The Labute approximate surface area is 238 Å². The highest BCUT2D eigenvalue weighted by Crippen LogP contribution is 2.35. The van der Waals surface area contributed by atoms with Gasteiger partial charge in [-0.2, -0.15) is 13.2 Å². The number of hydrogen-bond acceptors (Lipinski definition) is 5. The predicted molar refractivity (Wildman–Crippen MR) is 160 cm³/mol. The maximum Gasteiger partial charge on any atom is 0.427 e. The molecule has 0 aromatic heterocycles. The van der Waals surface area contributed by atoms with E-state index in [-0.39, 0.29) is 11.6 Å². The first-order valence-corrected chi connectivity index (χ1v) is 23.5. The van der Waals surface area contributed by atoms with Crippen LogP contribution < -0.4 is 0 Å². The first-order valence-electron chi connectivity index (χ1n) is 14.3. The van der Waals surface area contributed by atoms with E-state index < -0.39 is 43.6 Å². The zero-order chi connectivity index (χ0) is 30.4. The van der Waals surface area contributed by atoms with Crippen LogP contribution in [-0.4, -0.2) is 101 Å². The molecular formula is C26H56F3N3O4Si3. The number of hydrogen-bond donors (Lipinski definition) is 1. The molecule has 2 aliphatic heterocycles. The third-order valence-corrected chi connectivity index (χ3v) is 16.9. The zero-order valence-electron chi connectivity index (χ0n) is 26.4. The summed E-state index contributed by atoms with van der Waals surface area (Å²) in [6.07, 6.45) is 0.822. The van der Waals surface area contributed by atoms with Gasteiger partial charge in [-0.3, -0.25) is 4.57 Å². The number of hydrazine groups is 1. The quantitative estimate of drug-likeness (QED) is 0.289. The summed E-state index contributed by atoms with van der Waals surface area (Å²) in [6.45, 7) is 21.4. The van der Waals surface area contributed by atoms with E-state index in [0.29, 0.717) is 11.3 Å². The molecule has 1 amide bonds. The molecule has 0 aliphatic carbocycles. The average molecular weight is 616 g/mol. The second-order valence-corrected chi connectivity index (χ2v) is 28.2. The van der Waals surface area contributed by atoms with Gasteiger partial charge in [0.25, 0.3) is 0 Å². The number of halogens is 3. The normalized spacial score (nSPS) is 22.7. The Kier molecular flexibility index (Phi) is 13.3. The summed E-state index contributed by atoms with van der Waals surface area (Å²) in [5, 5.41) is 13.2. The largest absolute Gasteiger partial charge is 0.464 e. The van der Waals surface area contributed by atoms with E-state index in [4.69, 9.17) is 8.85 Å². The van der Waals surface area contributed by atoms with Crippen LogP contribution in [0, 0.1) is 0 Å². The highest BCUT2D eigenvalue weighted by atomic mass is 28.4. The number of piperidine rings is 2. The van der Waals surface area contributed by atoms with E-state index in [9.17, 15) is 23.1 Å². The molecule has 0 radical (unpaired) electrons. The molecule has 2 heterocycles. The topological polar surface area (TPSA) is 65.5 Å². The first kappa shape index (κ1) is 36.6. The third-order valence-electron chi connectivity index (χ3n) is 7.85. The molecule has 2 atom stereocenters. The van der Waals surface area contributed by atoms with Crippen LogP contribution in [0.1, 0.15) is 65.7 Å². The van der Waals surface area contributed by atoms with Crippen LogP contribution in [0.3, 0.4) is 0 Å². The summed E-state index contributed by atoms with van der Waals surface area (Å²) in [6, 6.07) is -0.0511. The second kappa shape index (κ2) is 14.1. The number of carbonyl (C=O) groups is 1. The molecule has 1 N–H and O–H groups in total. The van der Waals surface area contributed by atoms with Crippen LogP contribution in [0.15, 0.2) is 0 Å². The summed E-state index contributed by atoms with van der Waals surface area (Å²) >= 11 is 0. The van der Waals surface area contributed by atoms with Crippen molar-refractivity contribution in [3.63, 3.8) is 0 Å². The van der Waals surface area contributed by atoms with Gasteiger partial charge in [0, 0.05) is 44.6 Å². The summed E-state index contributed by atoms with van der Waals surface area (Å²) in [7, 11) is -2.88. The fourth-order valence-corrected chi connectivity index (χ4v) is 15.2. The van der Waals surface area contributed by atoms with Crippen molar-refractivity contribution in [1.29, 1.82) is 0 Å². The molecule has 0 aromatic rings. The van der Waals surface area contributed by atoms with Gasteiger partial charge in [-0.25, -0.2) is 14.8 Å². The second-order valence-electron chi connectivity index (χ2n) is 14.1. The Morgan fingerprint density at radius 2 is 1.33 bits per heavy atom. The zero-order valence-corrected chi connectivity index (χ0v) is 29.4. The van der Waals surface area contributed by atoms with E-state index in [0.717, 1.165) is 45.2 Å². The number of alkyl halides is 3. The Morgan fingerprint density at radius 1 is 0.872 bits per heavy atom. The van der Waals surface area contributed by atoms with Gasteiger partial charge in [0.05, 0.1) is 21.7 Å². The van der Waals surface area contributed by atoms with Gasteiger partial charge in [-0.05, 0) is 53.0 Å². The summed E-state index contributed by atoms with van der Waals surface area (Å²) in [5.41, 5.74) is 0.397. The lowest BCUT2D eigenvalue weighted by atomic mass is 10.1. The molecule has 0 saturated carbocycles. The standard InChI is InChI=1S/C13H28F3NO2Si2.C13H28N2O2Si/c1-18-21(19-2,11-9-13(14,15)16)17-10-7-6-8-12(17)20(3,4)5;1-13(2,3)15(12(16)17)14-10-8-7-9-11(14)18(4,5)6/h12H,6-11H2,1-5H3;11H,7-10H2,1-6H3,(H,16,17). The molecule has 2 rings (SSSR count). The van der Waals surface area contributed by atoms with Crippen molar-refractivity contribution >= 4 is 31.0 Å². The first-order chi connectivity index (χ1) is 17.6. The van der Waals surface area contributed by atoms with Gasteiger partial charge < -0.3 is 14.0 Å². The Morgan fingerprint density at radius 3 is 1.72 bits per heavy atom. The van der Waals surface area contributed by atoms with E-state index >= 15 is 0 Å². The molecule has 2 saturated heterocycles. The fourth-order valence-electron chi connectivity index (χ4n) is 6.02. The van der Waals surface area contributed by atoms with Gasteiger partial charge in [0.2, 0.25) is 0 Å².